The van der Waals surface area contributed by atoms with Gasteiger partial charge < -0.3 is 9.16 Å². The van der Waals surface area contributed by atoms with Gasteiger partial charge in [0, 0.05) is 5.41 Å². The number of hydrogen-bond donors (Lipinski definition) is 0. The molecule has 1 aromatic carbocycles. The van der Waals surface area contributed by atoms with Crippen LogP contribution in [0.1, 0.15) is 77.3 Å². The summed E-state index contributed by atoms with van der Waals surface area (Å²) in [5, 5.41) is 0.242. The fourth-order valence-corrected chi connectivity index (χ4v) is 7.49. The molecule has 0 N–H and O–H groups in total. The van der Waals surface area contributed by atoms with Crippen molar-refractivity contribution < 1.29 is 9.16 Å². The van der Waals surface area contributed by atoms with Gasteiger partial charge in [0.2, 0.25) is 8.32 Å². The molecule has 1 aromatic rings. The monoisotopic (exact) mass is 412 g/mol. The van der Waals surface area contributed by atoms with Crippen molar-refractivity contribution in [1.82, 2.24) is 0 Å². The first-order valence-electron chi connectivity index (χ1n) is 11.5. The molecule has 0 aliphatic heterocycles. The molecule has 0 bridgehead atoms. The quantitative estimate of drug-likeness (QED) is 0.480. The molecule has 1 fully saturated rings. The number of fused-ring (bicyclic) bond motifs is 5. The molecule has 0 saturated heterocycles. The van der Waals surface area contributed by atoms with E-state index in [0.717, 1.165) is 5.75 Å². The minimum atomic E-state index is -1.81. The zero-order chi connectivity index (χ0) is 21.2. The number of methoxy groups -OCH3 is 1. The van der Waals surface area contributed by atoms with Gasteiger partial charge in [-0.05, 0) is 96.8 Å². The van der Waals surface area contributed by atoms with Gasteiger partial charge in [-0.2, -0.15) is 0 Å². The fraction of sp³-hybridized carbons (Fsp3) is 0.692. The molecule has 0 heterocycles. The van der Waals surface area contributed by atoms with Crippen LogP contribution in [0.4, 0.5) is 0 Å². The van der Waals surface area contributed by atoms with Crippen LogP contribution in [0.5, 0.6) is 5.75 Å². The van der Waals surface area contributed by atoms with Crippen molar-refractivity contribution in [3.05, 3.63) is 41.2 Å². The first kappa shape index (κ1) is 21.0. The van der Waals surface area contributed by atoms with E-state index in [0.29, 0.717) is 17.3 Å². The zero-order valence-corrected chi connectivity index (χ0v) is 20.8. The first-order valence-corrected chi connectivity index (χ1v) is 14.4. The molecule has 3 aliphatic rings. The van der Waals surface area contributed by atoms with E-state index in [1.165, 1.54) is 43.4 Å². The normalized spacial score (nSPS) is 34.0. The molecule has 0 unspecified atom stereocenters. The summed E-state index contributed by atoms with van der Waals surface area (Å²) in [5.74, 6) is 3.68. The van der Waals surface area contributed by atoms with Crippen LogP contribution in [0.3, 0.4) is 0 Å². The first-order chi connectivity index (χ1) is 13.4. The number of hydrogen-bond acceptors (Lipinski definition) is 2. The van der Waals surface area contributed by atoms with Crippen molar-refractivity contribution in [2.45, 2.75) is 90.8 Å². The third-order valence-corrected chi connectivity index (χ3v) is 13.6. The van der Waals surface area contributed by atoms with Crippen LogP contribution >= 0.6 is 0 Å². The van der Waals surface area contributed by atoms with Gasteiger partial charge in [0.1, 0.15) is 5.75 Å². The van der Waals surface area contributed by atoms with Crippen LogP contribution in [0.25, 0.3) is 0 Å². The fourth-order valence-electron chi connectivity index (χ4n) is 6.32. The molecular weight excluding hydrogens is 372 g/mol. The highest BCUT2D eigenvalue weighted by Crippen LogP contribution is 2.67. The summed E-state index contributed by atoms with van der Waals surface area (Å²) in [4.78, 5) is 0. The third kappa shape index (κ3) is 3.10. The third-order valence-electron chi connectivity index (χ3n) is 9.25. The molecule has 1 saturated carbocycles. The molecule has 0 radical (unpaired) electrons. The maximum absolute atomic E-state index is 6.94. The minimum absolute atomic E-state index is 0.199. The standard InChI is InChI=1S/C26H40O2Si/c1-24(2,3)29(7,8)28-23-12-11-22-25(4)15-13-18-17-19(27-6)9-10-20(18)21(25)14-16-26(22,23)5/h9-10,12,17,21-22H,11,13-16H2,1-8H3/t21-,22+,25-,26+/m1/s1. The van der Waals surface area contributed by atoms with Gasteiger partial charge in [0.05, 0.1) is 12.9 Å². The van der Waals surface area contributed by atoms with E-state index in [4.69, 9.17) is 9.16 Å². The van der Waals surface area contributed by atoms with Crippen molar-refractivity contribution in [3.63, 3.8) is 0 Å². The van der Waals surface area contributed by atoms with Gasteiger partial charge in [0.25, 0.3) is 0 Å². The highest BCUT2D eigenvalue weighted by atomic mass is 28.4. The molecule has 3 heteroatoms. The van der Waals surface area contributed by atoms with Crippen LogP contribution < -0.4 is 4.74 Å². The summed E-state index contributed by atoms with van der Waals surface area (Å²) < 4.78 is 12.4. The van der Waals surface area contributed by atoms with Gasteiger partial charge in [-0.1, -0.05) is 40.7 Å². The van der Waals surface area contributed by atoms with Gasteiger partial charge >= 0.3 is 0 Å². The molecule has 29 heavy (non-hydrogen) atoms. The van der Waals surface area contributed by atoms with E-state index in [2.05, 4.69) is 72.0 Å². The summed E-state index contributed by atoms with van der Waals surface area (Å²) >= 11 is 0. The topological polar surface area (TPSA) is 18.5 Å². The Kier molecular flexibility index (Phi) is 4.81. The van der Waals surface area contributed by atoms with E-state index in [1.807, 2.05) is 0 Å². The molecule has 160 valence electrons. The summed E-state index contributed by atoms with van der Waals surface area (Å²) in [5.41, 5.74) is 3.65. The Morgan fingerprint density at radius 3 is 2.48 bits per heavy atom. The van der Waals surface area contributed by atoms with Crippen LogP contribution in [0.15, 0.2) is 30.0 Å². The summed E-state index contributed by atoms with van der Waals surface area (Å²) in [7, 11) is -0.0389. The Morgan fingerprint density at radius 1 is 1.10 bits per heavy atom. The number of allylic oxidation sites excluding steroid dienone is 2. The molecule has 0 amide bonds. The molecule has 0 spiro atoms. The molecular formula is C26H40O2Si. The second-order valence-corrected chi connectivity index (χ2v) is 16.5. The summed E-state index contributed by atoms with van der Waals surface area (Å²) in [6.45, 7) is 16.9. The van der Waals surface area contributed by atoms with Gasteiger partial charge in [-0.3, -0.25) is 0 Å². The maximum atomic E-state index is 6.94. The van der Waals surface area contributed by atoms with Crippen LogP contribution in [-0.4, -0.2) is 15.4 Å². The predicted molar refractivity (Wildman–Crippen MR) is 124 cm³/mol. The van der Waals surface area contributed by atoms with Gasteiger partial charge in [0.15, 0.2) is 0 Å². The van der Waals surface area contributed by atoms with Crippen LogP contribution in [-0.2, 0) is 10.8 Å². The maximum Gasteiger partial charge on any atom is 0.250 e. The lowest BCUT2D eigenvalue weighted by atomic mass is 9.48. The Morgan fingerprint density at radius 2 is 1.83 bits per heavy atom. The second-order valence-electron chi connectivity index (χ2n) is 11.8. The second kappa shape index (κ2) is 6.64. The smallest absolute Gasteiger partial charge is 0.250 e. The molecule has 4 atom stereocenters. The van der Waals surface area contributed by atoms with E-state index >= 15 is 0 Å². The number of aryl methyl sites for hydroxylation is 1. The van der Waals surface area contributed by atoms with Gasteiger partial charge in [-0.25, -0.2) is 0 Å². The molecule has 0 aromatic heterocycles. The van der Waals surface area contributed by atoms with E-state index in [9.17, 15) is 0 Å². The summed E-state index contributed by atoms with van der Waals surface area (Å²) in [6, 6.07) is 6.80. The lowest BCUT2D eigenvalue weighted by Gasteiger charge is -2.57. The molecule has 2 nitrogen and oxygen atoms in total. The Bertz CT molecular complexity index is 834. The zero-order valence-electron chi connectivity index (χ0n) is 19.8. The van der Waals surface area contributed by atoms with Crippen molar-refractivity contribution in [2.75, 3.05) is 7.11 Å². The lowest BCUT2D eigenvalue weighted by molar-refractivity contribution is -0.0222. The average Bonchev–Trinajstić information content (AvgIpc) is 2.97. The Balaban J connectivity index is 1.64. The number of benzene rings is 1. The molecule has 3 aliphatic carbocycles. The highest BCUT2D eigenvalue weighted by Gasteiger charge is 2.59. The van der Waals surface area contributed by atoms with Gasteiger partial charge in [-0.15, -0.1) is 0 Å². The summed E-state index contributed by atoms with van der Waals surface area (Å²) in [6.07, 6.45) is 8.61. The van der Waals surface area contributed by atoms with Crippen LogP contribution in [0.2, 0.25) is 18.1 Å². The Hall–Kier alpha value is -1.22. The number of rotatable bonds is 3. The lowest BCUT2D eigenvalue weighted by Crippen LogP contribution is -2.50. The van der Waals surface area contributed by atoms with Crippen molar-refractivity contribution in [3.8, 4) is 5.75 Å². The van der Waals surface area contributed by atoms with Crippen molar-refractivity contribution >= 4 is 8.32 Å². The van der Waals surface area contributed by atoms with Crippen molar-refractivity contribution in [2.24, 2.45) is 16.7 Å². The van der Waals surface area contributed by atoms with E-state index < -0.39 is 8.32 Å². The van der Waals surface area contributed by atoms with Crippen LogP contribution in [0, 0.1) is 16.7 Å². The van der Waals surface area contributed by atoms with E-state index in [-0.39, 0.29) is 10.5 Å². The minimum Gasteiger partial charge on any atom is -0.546 e. The Labute approximate surface area is 179 Å². The molecule has 4 rings (SSSR count). The largest absolute Gasteiger partial charge is 0.546 e. The number of ether oxygens (including phenoxy) is 1. The average molecular weight is 413 g/mol. The SMILES string of the molecule is COc1ccc2c(c1)CC[C@]1(C)[C@@H]2CC[C@]2(C)C(O[Si](C)(C)C(C)(C)C)=CC[C@@H]12. The van der Waals surface area contributed by atoms with E-state index in [1.54, 1.807) is 12.7 Å². The van der Waals surface area contributed by atoms with Crippen molar-refractivity contribution in [1.29, 1.82) is 0 Å². The predicted octanol–water partition coefficient (Wildman–Crippen LogP) is 7.46. The highest BCUT2D eigenvalue weighted by molar-refractivity contribution is 6.74.